The fraction of sp³-hybridized carbons (Fsp3) is 0.100. The van der Waals surface area contributed by atoms with Crippen LogP contribution in [0.5, 0.6) is 0 Å². The summed E-state index contributed by atoms with van der Waals surface area (Å²) in [6.45, 7) is 3.82. The van der Waals surface area contributed by atoms with Gasteiger partial charge in [-0.15, -0.1) is 0 Å². The van der Waals surface area contributed by atoms with Crippen LogP contribution in [0.25, 0.3) is 0 Å². The van der Waals surface area contributed by atoms with Crippen LogP contribution in [0.2, 0.25) is 5.02 Å². The highest BCUT2D eigenvalue weighted by Gasteiger charge is 2.19. The van der Waals surface area contributed by atoms with E-state index < -0.39 is 10.9 Å². The normalized spacial score (nSPS) is 9.89. The Morgan fingerprint density at radius 1 is 1.61 bits per heavy atom. The molecule has 0 spiro atoms. The number of carbonyl (C=O) groups is 1. The fourth-order valence-corrected chi connectivity index (χ4v) is 1.65. The zero-order valence-corrected chi connectivity index (χ0v) is 11.3. The molecule has 96 valence electrons. The summed E-state index contributed by atoms with van der Waals surface area (Å²) in [6, 6.07) is 2.04. The van der Waals surface area contributed by atoms with E-state index in [1.54, 1.807) is 0 Å². The minimum Gasteiger partial charge on any atom is -0.478 e. The quantitative estimate of drug-likeness (QED) is 0.636. The maximum Gasteiger partial charge on any atom is 0.338 e. The number of hydrogen-bond acceptors (Lipinski definition) is 4. The molecule has 18 heavy (non-hydrogen) atoms. The molecule has 0 unspecified atom stereocenters. The van der Waals surface area contributed by atoms with Crippen LogP contribution in [-0.2, 0) is 0 Å². The smallest absolute Gasteiger partial charge is 0.338 e. The lowest BCUT2D eigenvalue weighted by molar-refractivity contribution is -0.384. The number of nitrogens with one attached hydrogen (secondary N) is 1. The minimum atomic E-state index is -1.30. The van der Waals surface area contributed by atoms with E-state index in [2.05, 4.69) is 27.8 Å². The SMILES string of the molecule is C=C(Br)CNc1c(Cl)cc([N+](=O)[O-])cc1C(=O)O. The Kier molecular flexibility index (Phi) is 4.69. The summed E-state index contributed by atoms with van der Waals surface area (Å²) in [5, 5.41) is 22.3. The van der Waals surface area contributed by atoms with E-state index in [0.29, 0.717) is 4.48 Å². The second-order valence-corrected chi connectivity index (χ2v) is 4.81. The summed E-state index contributed by atoms with van der Waals surface area (Å²) in [4.78, 5) is 21.0. The minimum absolute atomic E-state index is 0.0321. The van der Waals surface area contributed by atoms with Crippen LogP contribution in [0.15, 0.2) is 23.2 Å². The third-order valence-corrected chi connectivity index (χ3v) is 2.55. The van der Waals surface area contributed by atoms with Crippen molar-refractivity contribution < 1.29 is 14.8 Å². The van der Waals surface area contributed by atoms with Crippen molar-refractivity contribution in [2.24, 2.45) is 0 Å². The van der Waals surface area contributed by atoms with E-state index in [4.69, 9.17) is 16.7 Å². The Hall–Kier alpha value is -1.60. The number of non-ortho nitro benzene ring substituents is 1. The first kappa shape index (κ1) is 14.5. The van der Waals surface area contributed by atoms with Crippen molar-refractivity contribution in [3.8, 4) is 0 Å². The number of halogens is 2. The lowest BCUT2D eigenvalue weighted by Crippen LogP contribution is -2.09. The predicted octanol–water partition coefficient (Wildman–Crippen LogP) is 3.27. The van der Waals surface area contributed by atoms with Gasteiger partial charge >= 0.3 is 5.97 Å². The Labute approximate surface area is 116 Å². The van der Waals surface area contributed by atoms with E-state index in [0.717, 1.165) is 12.1 Å². The van der Waals surface area contributed by atoms with Crippen molar-refractivity contribution in [2.45, 2.75) is 0 Å². The molecular weight excluding hydrogens is 327 g/mol. The zero-order valence-electron chi connectivity index (χ0n) is 8.94. The summed E-state index contributed by atoms with van der Waals surface area (Å²) in [5.74, 6) is -1.30. The van der Waals surface area contributed by atoms with E-state index in [1.165, 1.54) is 0 Å². The molecule has 0 heterocycles. The molecule has 0 aromatic heterocycles. The molecule has 1 aromatic rings. The number of carboxylic acid groups (broad SMARTS) is 1. The Balaban J connectivity index is 3.27. The van der Waals surface area contributed by atoms with Gasteiger partial charge in [-0.2, -0.15) is 0 Å². The molecule has 0 aliphatic heterocycles. The lowest BCUT2D eigenvalue weighted by Gasteiger charge is -2.10. The van der Waals surface area contributed by atoms with E-state index in [1.807, 2.05) is 0 Å². The molecule has 6 nitrogen and oxygen atoms in total. The standard InChI is InChI=1S/C10H8BrClN2O4/c1-5(11)4-13-9-7(10(15)16)2-6(14(17)18)3-8(9)12/h2-3,13H,1,4H2,(H,15,16). The number of benzene rings is 1. The highest BCUT2D eigenvalue weighted by Crippen LogP contribution is 2.31. The van der Waals surface area contributed by atoms with Gasteiger partial charge in [-0.1, -0.05) is 34.1 Å². The number of carboxylic acids is 1. The van der Waals surface area contributed by atoms with Gasteiger partial charge in [0, 0.05) is 23.2 Å². The monoisotopic (exact) mass is 334 g/mol. The molecule has 2 N–H and O–H groups in total. The van der Waals surface area contributed by atoms with Crippen LogP contribution in [0.3, 0.4) is 0 Å². The first-order valence-electron chi connectivity index (χ1n) is 4.61. The van der Waals surface area contributed by atoms with Crippen LogP contribution >= 0.6 is 27.5 Å². The van der Waals surface area contributed by atoms with Gasteiger partial charge < -0.3 is 10.4 Å². The van der Waals surface area contributed by atoms with Crippen LogP contribution < -0.4 is 5.32 Å². The van der Waals surface area contributed by atoms with E-state index in [9.17, 15) is 14.9 Å². The first-order chi connectivity index (χ1) is 8.32. The van der Waals surface area contributed by atoms with Gasteiger partial charge in [0.25, 0.3) is 5.69 Å². The second-order valence-electron chi connectivity index (χ2n) is 3.28. The maximum atomic E-state index is 11.0. The third-order valence-electron chi connectivity index (χ3n) is 1.97. The highest BCUT2D eigenvalue weighted by molar-refractivity contribution is 9.11. The molecule has 1 rings (SSSR count). The van der Waals surface area contributed by atoms with Crippen molar-refractivity contribution in [3.63, 3.8) is 0 Å². The molecule has 8 heteroatoms. The Morgan fingerprint density at radius 2 is 2.22 bits per heavy atom. The molecule has 0 saturated carbocycles. The van der Waals surface area contributed by atoms with Crippen molar-refractivity contribution in [2.75, 3.05) is 11.9 Å². The molecule has 1 aromatic carbocycles. The lowest BCUT2D eigenvalue weighted by atomic mass is 10.1. The third kappa shape index (κ3) is 3.44. The number of nitro groups is 1. The predicted molar refractivity (Wildman–Crippen MR) is 71.6 cm³/mol. The number of rotatable bonds is 5. The van der Waals surface area contributed by atoms with Gasteiger partial charge in [0.1, 0.15) is 0 Å². The molecule has 0 saturated heterocycles. The molecule has 0 radical (unpaired) electrons. The van der Waals surface area contributed by atoms with Crippen LogP contribution in [-0.4, -0.2) is 22.5 Å². The average molecular weight is 336 g/mol. The van der Waals surface area contributed by atoms with Crippen LogP contribution in [0, 0.1) is 10.1 Å². The van der Waals surface area contributed by atoms with Crippen molar-refractivity contribution in [1.29, 1.82) is 0 Å². The van der Waals surface area contributed by atoms with Crippen molar-refractivity contribution >= 4 is 44.9 Å². The zero-order chi connectivity index (χ0) is 13.9. The summed E-state index contributed by atoms with van der Waals surface area (Å²) in [5.41, 5.74) is -0.515. The number of anilines is 1. The molecule has 0 bridgehead atoms. The second kappa shape index (κ2) is 5.83. The van der Waals surface area contributed by atoms with E-state index in [-0.39, 0.29) is 28.5 Å². The number of nitro benzene ring substituents is 1. The van der Waals surface area contributed by atoms with Crippen molar-refractivity contribution in [1.82, 2.24) is 0 Å². The average Bonchev–Trinajstić information content (AvgIpc) is 2.25. The first-order valence-corrected chi connectivity index (χ1v) is 5.78. The molecule has 0 amide bonds. The summed E-state index contributed by atoms with van der Waals surface area (Å²) >= 11 is 8.93. The molecule has 0 atom stereocenters. The molecule has 0 aliphatic rings. The van der Waals surface area contributed by atoms with Gasteiger partial charge in [-0.3, -0.25) is 10.1 Å². The summed E-state index contributed by atoms with van der Waals surface area (Å²) < 4.78 is 0.591. The molecule has 0 fully saturated rings. The number of aromatic carboxylic acids is 1. The van der Waals surface area contributed by atoms with Crippen LogP contribution in [0.1, 0.15) is 10.4 Å². The van der Waals surface area contributed by atoms with Gasteiger partial charge in [0.15, 0.2) is 0 Å². The van der Waals surface area contributed by atoms with Crippen LogP contribution in [0.4, 0.5) is 11.4 Å². The van der Waals surface area contributed by atoms with Gasteiger partial charge in [0.2, 0.25) is 0 Å². The Morgan fingerprint density at radius 3 is 2.67 bits per heavy atom. The highest BCUT2D eigenvalue weighted by atomic mass is 79.9. The fourth-order valence-electron chi connectivity index (χ4n) is 1.23. The van der Waals surface area contributed by atoms with Crippen molar-refractivity contribution in [3.05, 3.63) is 43.9 Å². The van der Waals surface area contributed by atoms with Gasteiger partial charge in [-0.05, 0) is 0 Å². The Bertz CT molecular complexity index is 533. The topological polar surface area (TPSA) is 92.5 Å². The molecular formula is C10H8BrClN2O4. The largest absolute Gasteiger partial charge is 0.478 e. The van der Waals surface area contributed by atoms with Gasteiger partial charge in [-0.25, -0.2) is 4.79 Å². The summed E-state index contributed by atoms with van der Waals surface area (Å²) in [7, 11) is 0. The number of nitrogens with zero attached hydrogens (tertiary/aromatic N) is 1. The van der Waals surface area contributed by atoms with Gasteiger partial charge in [0.05, 0.1) is 21.2 Å². The maximum absolute atomic E-state index is 11.0. The summed E-state index contributed by atoms with van der Waals surface area (Å²) in [6.07, 6.45) is 0. The number of hydrogen-bond donors (Lipinski definition) is 2. The van der Waals surface area contributed by atoms with E-state index >= 15 is 0 Å². The molecule has 0 aliphatic carbocycles.